The minimum atomic E-state index is 0.553. The van der Waals surface area contributed by atoms with E-state index in [2.05, 4.69) is 6.07 Å². The molecule has 80 valence electrons. The lowest BCUT2D eigenvalue weighted by atomic mass is 10.2. The number of benzene rings is 1. The molecule has 0 bridgehead atoms. The number of ether oxygens (including phenoxy) is 1. The highest BCUT2D eigenvalue weighted by Gasteiger charge is 2.06. The van der Waals surface area contributed by atoms with Gasteiger partial charge in [0.2, 0.25) is 0 Å². The molecular formula is C12H11N3O. The third-order valence-electron chi connectivity index (χ3n) is 2.36. The summed E-state index contributed by atoms with van der Waals surface area (Å²) in [5, 5.41) is 8.92. The second-order valence-corrected chi connectivity index (χ2v) is 3.30. The molecule has 0 atom stereocenters. The Labute approximate surface area is 93.5 Å². The molecule has 0 unspecified atom stereocenters. The molecule has 0 aliphatic heterocycles. The van der Waals surface area contributed by atoms with E-state index in [1.807, 2.05) is 18.2 Å². The summed E-state index contributed by atoms with van der Waals surface area (Å²) >= 11 is 0. The van der Waals surface area contributed by atoms with Gasteiger partial charge in [0.25, 0.3) is 0 Å². The van der Waals surface area contributed by atoms with Gasteiger partial charge in [0, 0.05) is 12.3 Å². The fourth-order valence-corrected chi connectivity index (χ4v) is 1.56. The van der Waals surface area contributed by atoms with E-state index in [4.69, 9.17) is 15.7 Å². The maximum absolute atomic E-state index is 8.92. The molecule has 0 saturated carbocycles. The normalized spacial score (nSPS) is 9.75. The van der Waals surface area contributed by atoms with Crippen LogP contribution in [0.5, 0.6) is 5.75 Å². The minimum absolute atomic E-state index is 0.553. The standard InChI is InChI=1S/C12H11N3O/c1-16-10-4-5-12(11(14)7-10)15-6-2-3-9(15)8-13/h2-7H,14H2,1H3. The fraction of sp³-hybridized carbons (Fsp3) is 0.0833. The predicted octanol–water partition coefficient (Wildman–Crippen LogP) is 1.94. The Hall–Kier alpha value is -2.41. The Morgan fingerprint density at radius 3 is 2.81 bits per heavy atom. The van der Waals surface area contributed by atoms with Crippen molar-refractivity contribution in [3.63, 3.8) is 0 Å². The average Bonchev–Trinajstić information content (AvgIpc) is 2.76. The van der Waals surface area contributed by atoms with Crippen molar-refractivity contribution in [2.45, 2.75) is 0 Å². The first kappa shape index (κ1) is 10.1. The van der Waals surface area contributed by atoms with Gasteiger partial charge in [-0.2, -0.15) is 5.26 Å². The zero-order valence-corrected chi connectivity index (χ0v) is 8.84. The maximum atomic E-state index is 8.92. The van der Waals surface area contributed by atoms with Crippen LogP contribution >= 0.6 is 0 Å². The molecule has 0 amide bonds. The van der Waals surface area contributed by atoms with Crippen LogP contribution in [-0.4, -0.2) is 11.7 Å². The van der Waals surface area contributed by atoms with Crippen LogP contribution in [0, 0.1) is 11.3 Å². The second-order valence-electron chi connectivity index (χ2n) is 3.30. The number of nitrogen functional groups attached to an aromatic ring is 1. The highest BCUT2D eigenvalue weighted by atomic mass is 16.5. The summed E-state index contributed by atoms with van der Waals surface area (Å²) in [5.74, 6) is 0.701. The van der Waals surface area contributed by atoms with Gasteiger partial charge in [0.1, 0.15) is 17.5 Å². The molecular weight excluding hydrogens is 202 g/mol. The molecule has 0 aliphatic carbocycles. The van der Waals surface area contributed by atoms with Crippen molar-refractivity contribution in [1.29, 1.82) is 5.26 Å². The Morgan fingerprint density at radius 1 is 1.38 bits per heavy atom. The summed E-state index contributed by atoms with van der Waals surface area (Å²) in [7, 11) is 1.59. The third-order valence-corrected chi connectivity index (χ3v) is 2.36. The van der Waals surface area contributed by atoms with E-state index in [-0.39, 0.29) is 0 Å². The summed E-state index contributed by atoms with van der Waals surface area (Å²) in [6.07, 6.45) is 1.80. The van der Waals surface area contributed by atoms with Gasteiger partial charge in [-0.05, 0) is 24.3 Å². The van der Waals surface area contributed by atoms with Crippen LogP contribution in [0.15, 0.2) is 36.5 Å². The first-order valence-corrected chi connectivity index (χ1v) is 4.77. The molecule has 2 aromatic rings. The second kappa shape index (κ2) is 3.99. The largest absolute Gasteiger partial charge is 0.497 e. The van der Waals surface area contributed by atoms with Gasteiger partial charge in [-0.15, -0.1) is 0 Å². The number of nitriles is 1. The Kier molecular flexibility index (Phi) is 2.52. The Morgan fingerprint density at radius 2 is 2.19 bits per heavy atom. The summed E-state index contributed by atoms with van der Waals surface area (Å²) < 4.78 is 6.81. The van der Waals surface area contributed by atoms with Gasteiger partial charge in [0.15, 0.2) is 0 Å². The first-order chi connectivity index (χ1) is 7.76. The van der Waals surface area contributed by atoms with Crippen LogP contribution in [0.1, 0.15) is 5.69 Å². The topological polar surface area (TPSA) is 64.0 Å². The minimum Gasteiger partial charge on any atom is -0.497 e. The monoisotopic (exact) mass is 213 g/mol. The van der Waals surface area contributed by atoms with E-state index < -0.39 is 0 Å². The molecule has 2 N–H and O–H groups in total. The smallest absolute Gasteiger partial charge is 0.124 e. The summed E-state index contributed by atoms with van der Waals surface area (Å²) in [6.45, 7) is 0. The molecule has 4 heteroatoms. The van der Waals surface area contributed by atoms with Gasteiger partial charge in [0.05, 0.1) is 18.5 Å². The van der Waals surface area contributed by atoms with Crippen LogP contribution in [0.3, 0.4) is 0 Å². The molecule has 1 heterocycles. The molecule has 0 aliphatic rings. The lowest BCUT2D eigenvalue weighted by molar-refractivity contribution is 0.415. The van der Waals surface area contributed by atoms with Crippen LogP contribution in [0.2, 0.25) is 0 Å². The molecule has 0 spiro atoms. The quantitative estimate of drug-likeness (QED) is 0.775. The third kappa shape index (κ3) is 1.59. The van der Waals surface area contributed by atoms with Crippen LogP contribution in [0.25, 0.3) is 5.69 Å². The molecule has 0 fully saturated rings. The van der Waals surface area contributed by atoms with Gasteiger partial charge < -0.3 is 15.0 Å². The number of hydrogen-bond donors (Lipinski definition) is 1. The molecule has 2 rings (SSSR count). The van der Waals surface area contributed by atoms with Gasteiger partial charge >= 0.3 is 0 Å². The van der Waals surface area contributed by atoms with Gasteiger partial charge in [-0.1, -0.05) is 0 Å². The number of methoxy groups -OCH3 is 1. The zero-order valence-electron chi connectivity index (χ0n) is 8.84. The fourth-order valence-electron chi connectivity index (χ4n) is 1.56. The molecule has 1 aromatic carbocycles. The lowest BCUT2D eigenvalue weighted by Gasteiger charge is -2.09. The van der Waals surface area contributed by atoms with Crippen molar-refractivity contribution in [3.8, 4) is 17.5 Å². The SMILES string of the molecule is COc1ccc(-n2cccc2C#N)c(N)c1. The van der Waals surface area contributed by atoms with Crippen molar-refractivity contribution in [1.82, 2.24) is 4.57 Å². The van der Waals surface area contributed by atoms with Crippen molar-refractivity contribution in [2.75, 3.05) is 12.8 Å². The zero-order chi connectivity index (χ0) is 11.5. The first-order valence-electron chi connectivity index (χ1n) is 4.77. The van der Waals surface area contributed by atoms with Crippen LogP contribution < -0.4 is 10.5 Å². The van der Waals surface area contributed by atoms with E-state index in [1.165, 1.54) is 0 Å². The molecule has 1 aromatic heterocycles. The number of hydrogen-bond acceptors (Lipinski definition) is 3. The van der Waals surface area contributed by atoms with Crippen molar-refractivity contribution >= 4 is 5.69 Å². The van der Waals surface area contributed by atoms with E-state index in [9.17, 15) is 0 Å². The van der Waals surface area contributed by atoms with Crippen LogP contribution in [0.4, 0.5) is 5.69 Å². The number of anilines is 1. The number of aromatic nitrogens is 1. The summed E-state index contributed by atoms with van der Waals surface area (Å²) in [4.78, 5) is 0. The highest BCUT2D eigenvalue weighted by Crippen LogP contribution is 2.24. The highest BCUT2D eigenvalue weighted by molar-refractivity contribution is 5.62. The van der Waals surface area contributed by atoms with E-state index in [0.29, 0.717) is 17.1 Å². The molecule has 16 heavy (non-hydrogen) atoms. The lowest BCUT2D eigenvalue weighted by Crippen LogP contribution is -2.00. The molecule has 0 saturated heterocycles. The molecule has 4 nitrogen and oxygen atoms in total. The summed E-state index contributed by atoms with van der Waals surface area (Å²) in [6, 6.07) is 11.0. The van der Waals surface area contributed by atoms with E-state index in [0.717, 1.165) is 5.69 Å². The maximum Gasteiger partial charge on any atom is 0.124 e. The van der Waals surface area contributed by atoms with Crippen molar-refractivity contribution in [3.05, 3.63) is 42.2 Å². The number of rotatable bonds is 2. The van der Waals surface area contributed by atoms with Gasteiger partial charge in [-0.3, -0.25) is 0 Å². The van der Waals surface area contributed by atoms with Crippen molar-refractivity contribution < 1.29 is 4.74 Å². The van der Waals surface area contributed by atoms with E-state index in [1.54, 1.807) is 30.0 Å². The molecule has 0 radical (unpaired) electrons. The Balaban J connectivity index is 2.53. The number of nitrogens with two attached hydrogens (primary N) is 1. The van der Waals surface area contributed by atoms with Gasteiger partial charge in [-0.25, -0.2) is 0 Å². The van der Waals surface area contributed by atoms with Crippen LogP contribution in [-0.2, 0) is 0 Å². The average molecular weight is 213 g/mol. The van der Waals surface area contributed by atoms with Crippen molar-refractivity contribution in [2.24, 2.45) is 0 Å². The predicted molar refractivity (Wildman–Crippen MR) is 61.4 cm³/mol. The Bertz CT molecular complexity index is 552. The number of nitrogens with zero attached hydrogens (tertiary/aromatic N) is 2. The summed E-state index contributed by atoms with van der Waals surface area (Å²) in [5.41, 5.74) is 7.81. The van der Waals surface area contributed by atoms with E-state index >= 15 is 0 Å².